The van der Waals surface area contributed by atoms with Gasteiger partial charge in [-0.3, -0.25) is 14.0 Å². The number of alkyl halides is 3. The van der Waals surface area contributed by atoms with Crippen LogP contribution in [0.15, 0.2) is 31.0 Å². The van der Waals surface area contributed by atoms with Crippen molar-refractivity contribution in [2.75, 3.05) is 19.6 Å². The second kappa shape index (κ2) is 7.46. The molecule has 0 bridgehead atoms. The number of halogens is 4. The third-order valence-corrected chi connectivity index (χ3v) is 7.52. The number of rotatable bonds is 3. The maximum Gasteiger partial charge on any atom is 0.420 e. The Labute approximate surface area is 196 Å². The van der Waals surface area contributed by atoms with E-state index in [0.717, 1.165) is 35.1 Å². The van der Waals surface area contributed by atoms with Gasteiger partial charge in [-0.15, -0.1) is 0 Å². The van der Waals surface area contributed by atoms with E-state index in [4.69, 9.17) is 11.6 Å². The topological polar surface area (TPSA) is 75.7 Å². The highest BCUT2D eigenvalue weighted by molar-refractivity contribution is 6.33. The third-order valence-electron chi connectivity index (χ3n) is 7.16. The van der Waals surface area contributed by atoms with E-state index in [-0.39, 0.29) is 41.6 Å². The van der Waals surface area contributed by atoms with Crippen molar-refractivity contribution in [3.63, 3.8) is 0 Å². The Morgan fingerprint density at radius 2 is 1.91 bits per heavy atom. The molecule has 2 unspecified atom stereocenters. The molecular weight excluding hydrogens is 473 g/mol. The Bertz CT molecular complexity index is 1290. The summed E-state index contributed by atoms with van der Waals surface area (Å²) >= 11 is 6.38. The van der Waals surface area contributed by atoms with Crippen molar-refractivity contribution >= 4 is 29.1 Å². The van der Waals surface area contributed by atoms with Gasteiger partial charge in [0.1, 0.15) is 17.3 Å². The van der Waals surface area contributed by atoms with Gasteiger partial charge in [-0.05, 0) is 37.2 Å². The van der Waals surface area contributed by atoms with E-state index in [2.05, 4.69) is 9.97 Å². The normalized spacial score (nSPS) is 24.7. The van der Waals surface area contributed by atoms with E-state index < -0.39 is 23.3 Å². The molecule has 2 atom stereocenters. The highest BCUT2D eigenvalue weighted by Crippen LogP contribution is 2.53. The van der Waals surface area contributed by atoms with E-state index >= 15 is 0 Å². The van der Waals surface area contributed by atoms with Crippen molar-refractivity contribution in [2.24, 2.45) is 11.8 Å². The Balaban J connectivity index is 1.31. The second-order valence-electron chi connectivity index (χ2n) is 9.22. The highest BCUT2D eigenvalue weighted by Gasteiger charge is 2.49. The molecule has 4 heterocycles. The second-order valence-corrected chi connectivity index (χ2v) is 9.58. The molecule has 0 radical (unpaired) electrons. The zero-order chi connectivity index (χ0) is 23.8. The minimum Gasteiger partial charge on any atom is -0.336 e. The van der Waals surface area contributed by atoms with Crippen LogP contribution in [0.5, 0.6) is 0 Å². The first-order valence-electron chi connectivity index (χ1n) is 11.1. The van der Waals surface area contributed by atoms with E-state index in [1.807, 2.05) is 4.90 Å². The summed E-state index contributed by atoms with van der Waals surface area (Å²) in [4.78, 5) is 37.0. The number of imidazole rings is 2. The molecule has 12 heteroatoms. The smallest absolute Gasteiger partial charge is 0.336 e. The van der Waals surface area contributed by atoms with Crippen LogP contribution in [-0.2, 0) is 11.0 Å². The van der Waals surface area contributed by atoms with Crippen LogP contribution < -0.4 is 0 Å². The zero-order valence-electron chi connectivity index (χ0n) is 17.9. The van der Waals surface area contributed by atoms with Gasteiger partial charge in [0, 0.05) is 37.7 Å². The summed E-state index contributed by atoms with van der Waals surface area (Å²) in [5.74, 6) is 0.644. The summed E-state index contributed by atoms with van der Waals surface area (Å²) in [6.07, 6.45) is 4.22. The molecule has 3 fully saturated rings. The lowest BCUT2D eigenvalue weighted by molar-refractivity contribution is -0.138. The Morgan fingerprint density at radius 1 is 1.15 bits per heavy atom. The molecule has 2 aliphatic carbocycles. The number of amides is 2. The molecule has 3 aromatic heterocycles. The maximum atomic E-state index is 13.8. The number of nitrogens with zero attached hydrogens (tertiary/aromatic N) is 6. The summed E-state index contributed by atoms with van der Waals surface area (Å²) in [5.41, 5.74) is -1.65. The molecule has 0 aromatic carbocycles. The van der Waals surface area contributed by atoms with Crippen molar-refractivity contribution < 1.29 is 22.8 Å². The SMILES string of the molecule is O=C(c1nc2c(C(F)(F)F)cc(-n3ccnc3)cn2c1Cl)N1CCN(C2CC3CC3C2)C(=O)C1. The van der Waals surface area contributed by atoms with Crippen LogP contribution in [0.2, 0.25) is 5.15 Å². The van der Waals surface area contributed by atoms with Crippen molar-refractivity contribution in [1.82, 2.24) is 28.7 Å². The predicted octanol–water partition coefficient (Wildman–Crippen LogP) is 3.28. The summed E-state index contributed by atoms with van der Waals surface area (Å²) in [7, 11) is 0. The number of fused-ring (bicyclic) bond motifs is 2. The Hall–Kier alpha value is -3.08. The summed E-state index contributed by atoms with van der Waals surface area (Å²) in [6, 6.07) is 1.16. The minimum absolute atomic E-state index is 0.138. The number of piperazine rings is 1. The molecule has 2 amide bonds. The fourth-order valence-corrected chi connectivity index (χ4v) is 5.59. The lowest BCUT2D eigenvalue weighted by atomic mass is 10.1. The van der Waals surface area contributed by atoms with Gasteiger partial charge in [0.15, 0.2) is 11.3 Å². The third kappa shape index (κ3) is 3.44. The number of carbonyl (C=O) groups excluding carboxylic acids is 2. The molecule has 1 saturated heterocycles. The van der Waals surface area contributed by atoms with Gasteiger partial charge < -0.3 is 14.4 Å². The monoisotopic (exact) mass is 492 g/mol. The van der Waals surface area contributed by atoms with Crippen LogP contribution in [0, 0.1) is 11.8 Å². The quantitative estimate of drug-likeness (QED) is 0.562. The van der Waals surface area contributed by atoms with Gasteiger partial charge in [0.05, 0.1) is 12.0 Å². The fourth-order valence-electron chi connectivity index (χ4n) is 5.33. The molecule has 2 saturated carbocycles. The largest absolute Gasteiger partial charge is 0.420 e. The average Bonchev–Trinajstić information content (AvgIpc) is 3.19. The minimum atomic E-state index is -4.73. The van der Waals surface area contributed by atoms with Gasteiger partial charge in [0.2, 0.25) is 5.91 Å². The standard InChI is InChI=1S/C22H20ClF3N6O2/c23-19-18(21(34)29-3-4-31(17(33)10-29)14-6-12-5-13(12)7-14)28-20-16(22(24,25)26)8-15(9-32(19)20)30-2-1-27-11-30/h1-2,8-9,11-14H,3-7,10H2. The van der Waals surface area contributed by atoms with Gasteiger partial charge in [-0.25, -0.2) is 9.97 Å². The van der Waals surface area contributed by atoms with Crippen molar-refractivity contribution in [1.29, 1.82) is 0 Å². The van der Waals surface area contributed by atoms with Gasteiger partial charge >= 0.3 is 6.18 Å². The van der Waals surface area contributed by atoms with Crippen molar-refractivity contribution in [3.8, 4) is 5.69 Å². The Kier molecular flexibility index (Phi) is 4.71. The van der Waals surface area contributed by atoms with Crippen LogP contribution in [-0.4, -0.2) is 66.2 Å². The molecule has 3 aromatic rings. The number of carbonyl (C=O) groups is 2. The zero-order valence-corrected chi connectivity index (χ0v) is 18.6. The molecule has 6 rings (SSSR count). The van der Waals surface area contributed by atoms with Crippen molar-refractivity contribution in [2.45, 2.75) is 31.5 Å². The van der Waals surface area contributed by atoms with E-state index in [0.29, 0.717) is 6.54 Å². The molecule has 178 valence electrons. The molecule has 1 aliphatic heterocycles. The molecule has 0 spiro atoms. The molecule has 3 aliphatic rings. The number of pyridine rings is 1. The molecule has 34 heavy (non-hydrogen) atoms. The van der Waals surface area contributed by atoms with Gasteiger partial charge in [-0.2, -0.15) is 13.2 Å². The molecule has 8 nitrogen and oxygen atoms in total. The van der Waals surface area contributed by atoms with Crippen LogP contribution in [0.4, 0.5) is 13.2 Å². The summed E-state index contributed by atoms with van der Waals surface area (Å²) < 4.78 is 44.0. The van der Waals surface area contributed by atoms with Crippen LogP contribution >= 0.6 is 11.6 Å². The van der Waals surface area contributed by atoms with E-state index in [1.165, 1.54) is 40.8 Å². The van der Waals surface area contributed by atoms with E-state index in [9.17, 15) is 22.8 Å². The first-order valence-corrected chi connectivity index (χ1v) is 11.4. The number of hydrogen-bond donors (Lipinski definition) is 0. The van der Waals surface area contributed by atoms with Crippen molar-refractivity contribution in [3.05, 3.63) is 47.4 Å². The summed E-state index contributed by atoms with van der Waals surface area (Å²) in [5, 5.41) is -0.238. The lowest BCUT2D eigenvalue weighted by Gasteiger charge is -2.38. The Morgan fingerprint density at radius 3 is 2.56 bits per heavy atom. The number of aromatic nitrogens is 4. The maximum absolute atomic E-state index is 13.8. The average molecular weight is 493 g/mol. The van der Waals surface area contributed by atoms with Gasteiger partial charge in [-0.1, -0.05) is 11.6 Å². The molecule has 0 N–H and O–H groups in total. The van der Waals surface area contributed by atoms with Gasteiger partial charge in [0.25, 0.3) is 5.91 Å². The van der Waals surface area contributed by atoms with E-state index in [1.54, 1.807) is 0 Å². The van der Waals surface area contributed by atoms with Crippen LogP contribution in [0.3, 0.4) is 0 Å². The van der Waals surface area contributed by atoms with Crippen LogP contribution in [0.25, 0.3) is 11.3 Å². The van der Waals surface area contributed by atoms with Crippen LogP contribution in [0.1, 0.15) is 35.3 Å². The number of hydrogen-bond acceptors (Lipinski definition) is 4. The predicted molar refractivity (Wildman–Crippen MR) is 115 cm³/mol. The summed E-state index contributed by atoms with van der Waals surface area (Å²) in [6.45, 7) is 0.548. The highest BCUT2D eigenvalue weighted by atomic mass is 35.5. The molecular formula is C22H20ClF3N6O2. The first-order chi connectivity index (χ1) is 16.2. The first kappa shape index (κ1) is 21.5. The fraction of sp³-hybridized carbons (Fsp3) is 0.455. The lowest BCUT2D eigenvalue weighted by Crippen LogP contribution is -2.55.